The summed E-state index contributed by atoms with van der Waals surface area (Å²) in [6.45, 7) is 1.90. The number of nitrogens with one attached hydrogen (secondary N) is 2. The van der Waals surface area contributed by atoms with Crippen molar-refractivity contribution in [2.45, 2.75) is 13.0 Å². The molecule has 2 aromatic heterocycles. The van der Waals surface area contributed by atoms with Crippen molar-refractivity contribution in [3.63, 3.8) is 0 Å². The van der Waals surface area contributed by atoms with Crippen LogP contribution in [0.4, 0.5) is 5.82 Å². The van der Waals surface area contributed by atoms with Gasteiger partial charge in [0.25, 0.3) is 5.91 Å². The third-order valence-corrected chi connectivity index (χ3v) is 3.35. The first-order valence-corrected chi connectivity index (χ1v) is 6.60. The van der Waals surface area contributed by atoms with Crippen LogP contribution in [0.3, 0.4) is 0 Å². The normalized spacial score (nSPS) is 12.2. The predicted octanol–water partition coefficient (Wildman–Crippen LogP) is 2.03. The van der Waals surface area contributed by atoms with Crippen LogP contribution in [-0.2, 0) is 0 Å². The van der Waals surface area contributed by atoms with Gasteiger partial charge in [0.1, 0.15) is 5.82 Å². The van der Waals surface area contributed by atoms with E-state index in [1.807, 2.05) is 31.2 Å². The number of fused-ring (bicyclic) bond motifs is 1. The van der Waals surface area contributed by atoms with Crippen molar-refractivity contribution >= 4 is 22.6 Å². The Hall–Kier alpha value is -2.89. The van der Waals surface area contributed by atoms with Gasteiger partial charge in [0.05, 0.1) is 23.3 Å². The maximum atomic E-state index is 12.5. The zero-order chi connectivity index (χ0) is 14.8. The van der Waals surface area contributed by atoms with Gasteiger partial charge < -0.3 is 11.1 Å². The van der Waals surface area contributed by atoms with Crippen molar-refractivity contribution in [2.75, 3.05) is 5.73 Å². The number of amides is 1. The van der Waals surface area contributed by atoms with Gasteiger partial charge >= 0.3 is 0 Å². The lowest BCUT2D eigenvalue weighted by Gasteiger charge is -2.13. The molecule has 3 rings (SSSR count). The first-order chi connectivity index (χ1) is 10.1. The lowest BCUT2D eigenvalue weighted by Crippen LogP contribution is -2.26. The first kappa shape index (κ1) is 13.1. The average molecular weight is 281 g/mol. The zero-order valence-electron chi connectivity index (χ0n) is 11.5. The summed E-state index contributed by atoms with van der Waals surface area (Å²) in [4.78, 5) is 16.7. The Kier molecular flexibility index (Phi) is 3.27. The number of pyridine rings is 1. The number of benzene rings is 1. The van der Waals surface area contributed by atoms with E-state index in [0.717, 1.165) is 10.9 Å². The maximum absolute atomic E-state index is 12.5. The summed E-state index contributed by atoms with van der Waals surface area (Å²) >= 11 is 0. The number of hydrogen-bond donors (Lipinski definition) is 3. The molecule has 21 heavy (non-hydrogen) atoms. The molecule has 1 amide bonds. The zero-order valence-corrected chi connectivity index (χ0v) is 11.5. The summed E-state index contributed by atoms with van der Waals surface area (Å²) in [5.41, 5.74) is 7.92. The van der Waals surface area contributed by atoms with E-state index in [0.29, 0.717) is 16.9 Å². The van der Waals surface area contributed by atoms with Crippen molar-refractivity contribution < 1.29 is 4.79 Å². The van der Waals surface area contributed by atoms with Crippen LogP contribution in [0, 0.1) is 0 Å². The Labute approximate surface area is 121 Å². The van der Waals surface area contributed by atoms with E-state index in [1.165, 1.54) is 0 Å². The van der Waals surface area contributed by atoms with E-state index in [1.54, 1.807) is 18.5 Å². The van der Waals surface area contributed by atoms with Crippen LogP contribution in [-0.4, -0.2) is 21.1 Å². The van der Waals surface area contributed by atoms with Crippen molar-refractivity contribution in [2.24, 2.45) is 0 Å². The minimum Gasteiger partial charge on any atom is -0.384 e. The molecule has 106 valence electrons. The van der Waals surface area contributed by atoms with Gasteiger partial charge in [-0.3, -0.25) is 9.89 Å². The molecule has 1 aromatic carbocycles. The maximum Gasteiger partial charge on any atom is 0.252 e. The van der Waals surface area contributed by atoms with Gasteiger partial charge in [0, 0.05) is 17.1 Å². The number of para-hydroxylation sites is 1. The second kappa shape index (κ2) is 5.24. The monoisotopic (exact) mass is 281 g/mol. The second-order valence-electron chi connectivity index (χ2n) is 4.84. The number of anilines is 1. The van der Waals surface area contributed by atoms with Crippen LogP contribution in [0.5, 0.6) is 0 Å². The third kappa shape index (κ3) is 2.55. The van der Waals surface area contributed by atoms with Crippen molar-refractivity contribution in [3.05, 3.63) is 53.9 Å². The largest absolute Gasteiger partial charge is 0.384 e. The smallest absolute Gasteiger partial charge is 0.252 e. The Bertz CT molecular complexity index is 782. The predicted molar refractivity (Wildman–Crippen MR) is 80.6 cm³/mol. The molecular formula is C15H15N5O. The quantitative estimate of drug-likeness (QED) is 0.684. The fraction of sp³-hybridized carbons (Fsp3) is 0.133. The van der Waals surface area contributed by atoms with Crippen LogP contribution >= 0.6 is 0 Å². The summed E-state index contributed by atoms with van der Waals surface area (Å²) in [7, 11) is 0. The topological polar surface area (TPSA) is 96.7 Å². The molecule has 0 spiro atoms. The lowest BCUT2D eigenvalue weighted by molar-refractivity contribution is 0.0941. The van der Waals surface area contributed by atoms with Crippen LogP contribution in [0.1, 0.15) is 28.9 Å². The Morgan fingerprint density at radius 1 is 1.38 bits per heavy atom. The molecule has 0 radical (unpaired) electrons. The van der Waals surface area contributed by atoms with Crippen LogP contribution in [0.15, 0.2) is 42.7 Å². The number of aromatic nitrogens is 3. The standard InChI is InChI=1S/C15H15N5O/c1-9(10-7-17-18-8-10)19-15(21)12-6-14(16)20-13-5-3-2-4-11(12)13/h2-9H,1H3,(H2,16,20)(H,17,18)(H,19,21). The molecule has 1 unspecified atom stereocenters. The fourth-order valence-electron chi connectivity index (χ4n) is 2.24. The van der Waals surface area contributed by atoms with Gasteiger partial charge in [-0.1, -0.05) is 18.2 Å². The summed E-state index contributed by atoms with van der Waals surface area (Å²) in [5.74, 6) is 0.142. The highest BCUT2D eigenvalue weighted by molar-refractivity contribution is 6.07. The number of nitrogen functional groups attached to an aromatic ring is 1. The van der Waals surface area contributed by atoms with E-state index in [4.69, 9.17) is 5.73 Å². The molecule has 0 aliphatic rings. The third-order valence-electron chi connectivity index (χ3n) is 3.35. The minimum absolute atomic E-state index is 0.149. The number of carbonyl (C=O) groups is 1. The number of nitrogens with zero attached hydrogens (tertiary/aromatic N) is 2. The highest BCUT2D eigenvalue weighted by atomic mass is 16.1. The van der Waals surface area contributed by atoms with Gasteiger partial charge in [-0.15, -0.1) is 0 Å². The minimum atomic E-state index is -0.186. The van der Waals surface area contributed by atoms with Crippen LogP contribution in [0.2, 0.25) is 0 Å². The van der Waals surface area contributed by atoms with Crippen molar-refractivity contribution in [1.82, 2.24) is 20.5 Å². The molecule has 2 heterocycles. The molecule has 0 saturated heterocycles. The molecule has 0 aliphatic heterocycles. The molecular weight excluding hydrogens is 266 g/mol. The van der Waals surface area contributed by atoms with E-state index in [2.05, 4.69) is 20.5 Å². The first-order valence-electron chi connectivity index (χ1n) is 6.60. The number of nitrogens with two attached hydrogens (primary N) is 1. The number of aromatic amines is 1. The summed E-state index contributed by atoms with van der Waals surface area (Å²) in [6.07, 6.45) is 3.44. The highest BCUT2D eigenvalue weighted by Crippen LogP contribution is 2.20. The Morgan fingerprint density at radius 3 is 2.95 bits per heavy atom. The van der Waals surface area contributed by atoms with Crippen LogP contribution in [0.25, 0.3) is 10.9 Å². The van der Waals surface area contributed by atoms with E-state index < -0.39 is 0 Å². The number of carbonyl (C=O) groups excluding carboxylic acids is 1. The molecule has 4 N–H and O–H groups in total. The van der Waals surface area contributed by atoms with Gasteiger partial charge in [-0.25, -0.2) is 4.98 Å². The second-order valence-corrected chi connectivity index (χ2v) is 4.84. The van der Waals surface area contributed by atoms with Crippen molar-refractivity contribution in [1.29, 1.82) is 0 Å². The molecule has 0 aliphatic carbocycles. The molecule has 6 heteroatoms. The number of hydrogen-bond acceptors (Lipinski definition) is 4. The van der Waals surface area contributed by atoms with Gasteiger partial charge in [-0.2, -0.15) is 5.10 Å². The molecule has 3 aromatic rings. The molecule has 0 bridgehead atoms. The highest BCUT2D eigenvalue weighted by Gasteiger charge is 2.15. The summed E-state index contributed by atoms with van der Waals surface area (Å²) in [5, 5.41) is 10.3. The van der Waals surface area contributed by atoms with Gasteiger partial charge in [0.2, 0.25) is 0 Å². The molecule has 0 fully saturated rings. The molecule has 6 nitrogen and oxygen atoms in total. The molecule has 0 saturated carbocycles. The van der Waals surface area contributed by atoms with Crippen LogP contribution < -0.4 is 11.1 Å². The average Bonchev–Trinajstić information content (AvgIpc) is 3.00. The SMILES string of the molecule is CC(NC(=O)c1cc(N)nc2ccccc12)c1cn[nH]c1. The fourth-order valence-corrected chi connectivity index (χ4v) is 2.24. The lowest BCUT2D eigenvalue weighted by atomic mass is 10.1. The summed E-state index contributed by atoms with van der Waals surface area (Å²) < 4.78 is 0. The van der Waals surface area contributed by atoms with E-state index in [9.17, 15) is 4.79 Å². The van der Waals surface area contributed by atoms with Gasteiger partial charge in [0.15, 0.2) is 0 Å². The number of H-pyrrole nitrogens is 1. The van der Waals surface area contributed by atoms with Gasteiger partial charge in [-0.05, 0) is 19.1 Å². The summed E-state index contributed by atoms with van der Waals surface area (Å²) in [6, 6.07) is 8.88. The molecule has 1 atom stereocenters. The van der Waals surface area contributed by atoms with Crippen molar-refractivity contribution in [3.8, 4) is 0 Å². The van der Waals surface area contributed by atoms with E-state index >= 15 is 0 Å². The Morgan fingerprint density at radius 2 is 2.19 bits per heavy atom. The Balaban J connectivity index is 1.94. The number of rotatable bonds is 3. The van der Waals surface area contributed by atoms with E-state index in [-0.39, 0.29) is 11.9 Å².